The van der Waals surface area contributed by atoms with E-state index in [9.17, 15) is 0 Å². The predicted molar refractivity (Wildman–Crippen MR) is 61.3 cm³/mol. The highest BCUT2D eigenvalue weighted by molar-refractivity contribution is 9.10. The van der Waals surface area contributed by atoms with Gasteiger partial charge in [-0.15, -0.1) is 0 Å². The Bertz CT molecular complexity index is 613. The van der Waals surface area contributed by atoms with Gasteiger partial charge in [0.15, 0.2) is 0 Å². The fourth-order valence-corrected chi connectivity index (χ4v) is 2.07. The molecule has 2 aromatic carbocycles. The van der Waals surface area contributed by atoms with Gasteiger partial charge in [-0.25, -0.2) is 0 Å². The van der Waals surface area contributed by atoms with Gasteiger partial charge in [0.1, 0.15) is 4.60 Å². The number of rotatable bonds is 0. The summed E-state index contributed by atoms with van der Waals surface area (Å²) in [5.41, 5.74) is 0.996. The van der Waals surface area contributed by atoms with Crippen molar-refractivity contribution in [3.05, 3.63) is 41.0 Å². The van der Waals surface area contributed by atoms with Crippen molar-refractivity contribution in [1.82, 2.24) is 10.2 Å². The molecule has 0 aliphatic heterocycles. The van der Waals surface area contributed by atoms with Gasteiger partial charge in [-0.3, -0.25) is 5.10 Å². The summed E-state index contributed by atoms with van der Waals surface area (Å²) in [7, 11) is 0. The van der Waals surface area contributed by atoms with Crippen molar-refractivity contribution in [3.63, 3.8) is 0 Å². The van der Waals surface area contributed by atoms with Crippen LogP contribution in [0.4, 0.5) is 0 Å². The molecule has 3 aromatic rings. The summed E-state index contributed by atoms with van der Waals surface area (Å²) >= 11 is 3.43. The second-order valence-corrected chi connectivity index (χ2v) is 4.05. The van der Waals surface area contributed by atoms with Gasteiger partial charge in [-0.05, 0) is 38.8 Å². The smallest absolute Gasteiger partial charge is 0.108 e. The lowest BCUT2D eigenvalue weighted by Crippen LogP contribution is -1.72. The van der Waals surface area contributed by atoms with Crippen LogP contribution in [-0.2, 0) is 0 Å². The first-order valence-corrected chi connectivity index (χ1v) is 5.16. The molecule has 0 aliphatic rings. The van der Waals surface area contributed by atoms with Crippen molar-refractivity contribution >= 4 is 37.6 Å². The summed E-state index contributed by atoms with van der Waals surface area (Å²) in [6.45, 7) is 0. The number of hydrogen-bond donors (Lipinski definition) is 1. The van der Waals surface area contributed by atoms with Crippen molar-refractivity contribution in [1.29, 1.82) is 0 Å². The lowest BCUT2D eigenvalue weighted by molar-refractivity contribution is 1.10. The van der Waals surface area contributed by atoms with Crippen LogP contribution < -0.4 is 0 Å². The standard InChI is InChI=1S/C11H7BrN2/c12-11-9-5-7-3-1-2-4-8(7)6-10(9)13-14-11/h1-6H,(H,13,14). The molecule has 3 rings (SSSR count). The summed E-state index contributed by atoms with van der Waals surface area (Å²) in [6.07, 6.45) is 0. The second kappa shape index (κ2) is 2.82. The quantitative estimate of drug-likeness (QED) is 0.647. The van der Waals surface area contributed by atoms with Gasteiger partial charge in [0.25, 0.3) is 0 Å². The molecule has 0 fully saturated rings. The molecule has 0 amide bonds. The van der Waals surface area contributed by atoms with E-state index in [4.69, 9.17) is 0 Å². The van der Waals surface area contributed by atoms with E-state index in [2.05, 4.69) is 50.4 Å². The minimum atomic E-state index is 0.943. The van der Waals surface area contributed by atoms with E-state index >= 15 is 0 Å². The van der Waals surface area contributed by atoms with Gasteiger partial charge in [-0.2, -0.15) is 5.10 Å². The average Bonchev–Trinajstić information content (AvgIpc) is 2.57. The molecule has 0 bridgehead atoms. The van der Waals surface area contributed by atoms with Gasteiger partial charge in [-0.1, -0.05) is 24.3 Å². The fraction of sp³-hybridized carbons (Fsp3) is 0. The number of halogens is 1. The number of hydrogen-bond acceptors (Lipinski definition) is 1. The maximum absolute atomic E-state index is 4.20. The predicted octanol–water partition coefficient (Wildman–Crippen LogP) is 3.48. The highest BCUT2D eigenvalue weighted by Gasteiger charge is 2.03. The molecule has 1 heterocycles. The zero-order chi connectivity index (χ0) is 9.54. The molecule has 1 aromatic heterocycles. The van der Waals surface area contributed by atoms with Gasteiger partial charge in [0, 0.05) is 5.39 Å². The SMILES string of the molecule is Brc1[nH]nc2cc3ccccc3cc12. The number of aromatic amines is 1. The van der Waals surface area contributed by atoms with Crippen LogP contribution in [0.2, 0.25) is 0 Å². The third-order valence-electron chi connectivity index (χ3n) is 2.38. The minimum absolute atomic E-state index is 0.943. The Morgan fingerprint density at radius 2 is 1.79 bits per heavy atom. The Morgan fingerprint density at radius 3 is 2.57 bits per heavy atom. The van der Waals surface area contributed by atoms with Crippen LogP contribution in [0, 0.1) is 0 Å². The molecule has 0 unspecified atom stereocenters. The molecule has 0 radical (unpaired) electrons. The molecule has 3 heteroatoms. The molecule has 1 N–H and O–H groups in total. The molecule has 0 spiro atoms. The Labute approximate surface area is 89.1 Å². The summed E-state index contributed by atoms with van der Waals surface area (Å²) in [4.78, 5) is 0. The molecular formula is C11H7BrN2. The number of benzene rings is 2. The number of H-pyrrole nitrogens is 1. The third-order valence-corrected chi connectivity index (χ3v) is 2.98. The molecule has 2 nitrogen and oxygen atoms in total. The van der Waals surface area contributed by atoms with Crippen molar-refractivity contribution in [2.45, 2.75) is 0 Å². The first-order valence-electron chi connectivity index (χ1n) is 4.37. The van der Waals surface area contributed by atoms with Gasteiger partial charge >= 0.3 is 0 Å². The molecule has 0 saturated heterocycles. The molecule has 0 atom stereocenters. The van der Waals surface area contributed by atoms with Crippen molar-refractivity contribution < 1.29 is 0 Å². The Hall–Kier alpha value is -1.35. The van der Waals surface area contributed by atoms with Crippen LogP contribution >= 0.6 is 15.9 Å². The summed E-state index contributed by atoms with van der Waals surface area (Å²) in [5, 5.41) is 10.7. The molecule has 0 aliphatic carbocycles. The van der Waals surface area contributed by atoms with Gasteiger partial charge in [0.2, 0.25) is 0 Å². The van der Waals surface area contributed by atoms with E-state index in [-0.39, 0.29) is 0 Å². The van der Waals surface area contributed by atoms with Gasteiger partial charge in [0.05, 0.1) is 5.52 Å². The maximum Gasteiger partial charge on any atom is 0.108 e. The van der Waals surface area contributed by atoms with E-state index < -0.39 is 0 Å². The second-order valence-electron chi connectivity index (χ2n) is 3.25. The maximum atomic E-state index is 4.20. The number of fused-ring (bicyclic) bond motifs is 2. The molecule has 0 saturated carbocycles. The Morgan fingerprint density at radius 1 is 1.07 bits per heavy atom. The van der Waals surface area contributed by atoms with Crippen molar-refractivity contribution in [2.24, 2.45) is 0 Å². The lowest BCUT2D eigenvalue weighted by atomic mass is 10.1. The Kier molecular flexibility index (Phi) is 1.61. The Balaban J connectivity index is 2.54. The monoisotopic (exact) mass is 246 g/mol. The van der Waals surface area contributed by atoms with Gasteiger partial charge < -0.3 is 0 Å². The van der Waals surface area contributed by atoms with E-state index in [1.165, 1.54) is 10.8 Å². The molecule has 68 valence electrons. The van der Waals surface area contributed by atoms with E-state index in [0.717, 1.165) is 15.5 Å². The van der Waals surface area contributed by atoms with Crippen LogP contribution in [0.3, 0.4) is 0 Å². The normalized spacial score (nSPS) is 11.2. The van der Waals surface area contributed by atoms with Crippen molar-refractivity contribution in [3.8, 4) is 0 Å². The lowest BCUT2D eigenvalue weighted by Gasteiger charge is -1.96. The highest BCUT2D eigenvalue weighted by atomic mass is 79.9. The third kappa shape index (κ3) is 1.06. The fourth-order valence-electron chi connectivity index (χ4n) is 1.67. The first-order chi connectivity index (χ1) is 6.84. The zero-order valence-electron chi connectivity index (χ0n) is 7.29. The van der Waals surface area contributed by atoms with E-state index in [0.29, 0.717) is 0 Å². The molecule has 14 heavy (non-hydrogen) atoms. The molecular weight excluding hydrogens is 240 g/mol. The van der Waals surface area contributed by atoms with E-state index in [1.807, 2.05) is 12.1 Å². The summed E-state index contributed by atoms with van der Waals surface area (Å²) in [6, 6.07) is 12.5. The topological polar surface area (TPSA) is 28.7 Å². The summed E-state index contributed by atoms with van der Waals surface area (Å²) in [5.74, 6) is 0. The van der Waals surface area contributed by atoms with Crippen LogP contribution in [0.1, 0.15) is 0 Å². The first kappa shape index (κ1) is 8.00. The number of nitrogens with one attached hydrogen (secondary N) is 1. The van der Waals surface area contributed by atoms with Crippen LogP contribution in [0.5, 0.6) is 0 Å². The van der Waals surface area contributed by atoms with Crippen molar-refractivity contribution in [2.75, 3.05) is 0 Å². The van der Waals surface area contributed by atoms with E-state index in [1.54, 1.807) is 0 Å². The van der Waals surface area contributed by atoms with Crippen LogP contribution in [0.25, 0.3) is 21.7 Å². The highest BCUT2D eigenvalue weighted by Crippen LogP contribution is 2.26. The minimum Gasteiger partial charge on any atom is -0.270 e. The zero-order valence-corrected chi connectivity index (χ0v) is 8.88. The number of aromatic nitrogens is 2. The largest absolute Gasteiger partial charge is 0.270 e. The van der Waals surface area contributed by atoms with Crippen LogP contribution in [-0.4, -0.2) is 10.2 Å². The number of nitrogens with zero attached hydrogens (tertiary/aromatic N) is 1. The van der Waals surface area contributed by atoms with Crippen LogP contribution in [0.15, 0.2) is 41.0 Å². The summed E-state index contributed by atoms with van der Waals surface area (Å²) < 4.78 is 0.943. The average molecular weight is 247 g/mol.